The lowest BCUT2D eigenvalue weighted by Crippen LogP contribution is -2.34. The van der Waals surface area contributed by atoms with E-state index in [4.69, 9.17) is 0 Å². The summed E-state index contributed by atoms with van der Waals surface area (Å²) >= 11 is 1.48. The van der Waals surface area contributed by atoms with Gasteiger partial charge in [-0.2, -0.15) is 0 Å². The minimum atomic E-state index is -0.199. The number of amides is 1. The minimum absolute atomic E-state index is 0.0419. The molecule has 0 spiro atoms. The van der Waals surface area contributed by atoms with Crippen LogP contribution >= 0.6 is 11.3 Å². The summed E-state index contributed by atoms with van der Waals surface area (Å²) in [5.41, 5.74) is 2.02. The number of rotatable bonds is 6. The molecule has 146 valence electrons. The number of aromatic nitrogens is 2. The molecule has 2 heterocycles. The number of thiophene rings is 1. The van der Waals surface area contributed by atoms with Gasteiger partial charge in [0.2, 0.25) is 5.91 Å². The van der Waals surface area contributed by atoms with E-state index in [9.17, 15) is 9.59 Å². The molecule has 2 aromatic carbocycles. The molecule has 1 amide bonds. The van der Waals surface area contributed by atoms with E-state index in [0.717, 1.165) is 10.4 Å². The molecule has 6 heteroatoms. The molecule has 0 radical (unpaired) electrons. The Hall–Kier alpha value is -3.25. The number of fused-ring (bicyclic) bond motifs is 1. The Kier molecular flexibility index (Phi) is 5.53. The highest BCUT2D eigenvalue weighted by Gasteiger charge is 2.13. The van der Waals surface area contributed by atoms with Crippen LogP contribution in [-0.4, -0.2) is 22.0 Å². The van der Waals surface area contributed by atoms with Crippen molar-refractivity contribution in [1.29, 1.82) is 0 Å². The van der Waals surface area contributed by atoms with E-state index in [1.807, 2.05) is 66.7 Å². The average molecular weight is 404 g/mol. The fraction of sp³-hybridized carbons (Fsp3) is 0.174. The Morgan fingerprint density at radius 2 is 1.79 bits per heavy atom. The van der Waals surface area contributed by atoms with Gasteiger partial charge < -0.3 is 5.32 Å². The molecule has 0 saturated carbocycles. The lowest BCUT2D eigenvalue weighted by atomic mass is 10.0. The van der Waals surface area contributed by atoms with Crippen LogP contribution in [0.3, 0.4) is 0 Å². The van der Waals surface area contributed by atoms with Gasteiger partial charge in [-0.15, -0.1) is 11.3 Å². The van der Waals surface area contributed by atoms with Gasteiger partial charge in [0.1, 0.15) is 11.4 Å². The molecular weight excluding hydrogens is 382 g/mol. The van der Waals surface area contributed by atoms with Crippen LogP contribution < -0.4 is 10.9 Å². The van der Waals surface area contributed by atoms with Crippen molar-refractivity contribution in [2.24, 2.45) is 0 Å². The average Bonchev–Trinajstić information content (AvgIpc) is 3.20. The van der Waals surface area contributed by atoms with Gasteiger partial charge in [-0.3, -0.25) is 14.2 Å². The Morgan fingerprint density at radius 3 is 2.52 bits per heavy atom. The molecule has 0 aliphatic rings. The number of nitrogens with one attached hydrogen (secondary N) is 1. The van der Waals surface area contributed by atoms with Gasteiger partial charge in [-0.25, -0.2) is 4.98 Å². The number of nitrogens with zero attached hydrogens (tertiary/aromatic N) is 2. The fourth-order valence-electron chi connectivity index (χ4n) is 3.19. The summed E-state index contributed by atoms with van der Waals surface area (Å²) < 4.78 is 1.37. The highest BCUT2D eigenvalue weighted by atomic mass is 32.1. The van der Waals surface area contributed by atoms with Crippen molar-refractivity contribution in [2.45, 2.75) is 19.4 Å². The van der Waals surface area contributed by atoms with E-state index in [1.165, 1.54) is 27.8 Å². The van der Waals surface area contributed by atoms with Crippen molar-refractivity contribution < 1.29 is 4.79 Å². The smallest absolute Gasteiger partial charge is 0.262 e. The largest absolute Gasteiger partial charge is 0.354 e. The van der Waals surface area contributed by atoms with Gasteiger partial charge >= 0.3 is 0 Å². The predicted octanol–water partition coefficient (Wildman–Crippen LogP) is 4.04. The number of carbonyl (C=O) groups excluding carboxylic acids is 1. The Balaban J connectivity index is 1.47. The molecule has 1 atom stereocenters. The van der Waals surface area contributed by atoms with Crippen LogP contribution in [0.15, 0.2) is 77.9 Å². The van der Waals surface area contributed by atoms with Crippen molar-refractivity contribution in [3.8, 4) is 10.4 Å². The third-order valence-electron chi connectivity index (χ3n) is 4.86. The van der Waals surface area contributed by atoms with Crippen molar-refractivity contribution in [2.75, 3.05) is 6.54 Å². The topological polar surface area (TPSA) is 64.0 Å². The van der Waals surface area contributed by atoms with E-state index in [1.54, 1.807) is 0 Å². The summed E-state index contributed by atoms with van der Waals surface area (Å²) in [4.78, 5) is 31.2. The van der Waals surface area contributed by atoms with Gasteiger partial charge in [0.15, 0.2) is 0 Å². The molecule has 0 saturated heterocycles. The summed E-state index contributed by atoms with van der Waals surface area (Å²) in [6, 6.07) is 21.8. The van der Waals surface area contributed by atoms with Gasteiger partial charge in [-0.1, -0.05) is 67.6 Å². The monoisotopic (exact) mass is 403 g/mol. The van der Waals surface area contributed by atoms with Crippen LogP contribution in [0.4, 0.5) is 0 Å². The molecule has 0 aliphatic carbocycles. The van der Waals surface area contributed by atoms with Crippen LogP contribution in [0.5, 0.6) is 0 Å². The van der Waals surface area contributed by atoms with Crippen LogP contribution in [0.1, 0.15) is 18.4 Å². The molecule has 4 aromatic rings. The van der Waals surface area contributed by atoms with Crippen LogP contribution in [0, 0.1) is 0 Å². The van der Waals surface area contributed by atoms with E-state index in [-0.39, 0.29) is 23.9 Å². The molecule has 2 aromatic heterocycles. The number of hydrogen-bond acceptors (Lipinski definition) is 4. The Morgan fingerprint density at radius 1 is 1.10 bits per heavy atom. The van der Waals surface area contributed by atoms with Gasteiger partial charge in [-0.05, 0) is 23.1 Å². The zero-order valence-corrected chi connectivity index (χ0v) is 16.9. The molecular formula is C23H21N3O2S. The summed E-state index contributed by atoms with van der Waals surface area (Å²) in [5.74, 6) is -0.00248. The molecule has 4 rings (SSSR count). The maximum Gasteiger partial charge on any atom is 0.262 e. The van der Waals surface area contributed by atoms with E-state index in [0.29, 0.717) is 16.8 Å². The fourth-order valence-corrected chi connectivity index (χ4v) is 4.19. The maximum atomic E-state index is 12.8. The van der Waals surface area contributed by atoms with Crippen molar-refractivity contribution in [1.82, 2.24) is 14.9 Å². The summed E-state index contributed by atoms with van der Waals surface area (Å²) in [6.07, 6.45) is 1.45. The summed E-state index contributed by atoms with van der Waals surface area (Å²) in [7, 11) is 0. The summed E-state index contributed by atoms with van der Waals surface area (Å²) in [6.45, 7) is 2.54. The molecule has 29 heavy (non-hydrogen) atoms. The SMILES string of the molecule is C[C@H](CNC(=O)Cn1cnc2sc(-c3ccccc3)cc2c1=O)c1ccccc1. The van der Waals surface area contributed by atoms with E-state index in [2.05, 4.69) is 17.2 Å². The first kappa shape index (κ1) is 19.1. The highest BCUT2D eigenvalue weighted by molar-refractivity contribution is 7.21. The standard InChI is InChI=1S/C23H21N3O2S/c1-16(17-8-4-2-5-9-17)13-24-21(27)14-26-15-25-22-19(23(26)28)12-20(29-22)18-10-6-3-7-11-18/h2-12,15-16H,13-14H2,1H3,(H,24,27)/t16-/m1/s1. The second-order valence-corrected chi connectivity index (χ2v) is 8.02. The van der Waals surface area contributed by atoms with Crippen molar-refractivity contribution in [3.05, 3.63) is 89.0 Å². The minimum Gasteiger partial charge on any atom is -0.354 e. The number of hydrogen-bond donors (Lipinski definition) is 1. The maximum absolute atomic E-state index is 12.8. The quantitative estimate of drug-likeness (QED) is 0.528. The molecule has 1 N–H and O–H groups in total. The molecule has 0 aliphatic heterocycles. The van der Waals surface area contributed by atoms with Crippen molar-refractivity contribution in [3.63, 3.8) is 0 Å². The third-order valence-corrected chi connectivity index (χ3v) is 5.96. The normalized spacial score (nSPS) is 12.0. The third kappa shape index (κ3) is 4.27. The summed E-state index contributed by atoms with van der Waals surface area (Å²) in [5, 5.41) is 3.46. The van der Waals surface area contributed by atoms with Crippen molar-refractivity contribution >= 4 is 27.5 Å². The lowest BCUT2D eigenvalue weighted by Gasteiger charge is -2.13. The first-order valence-corrected chi connectivity index (χ1v) is 10.3. The van der Waals surface area contributed by atoms with E-state index >= 15 is 0 Å². The van der Waals surface area contributed by atoms with Crippen LogP contribution in [-0.2, 0) is 11.3 Å². The first-order valence-electron chi connectivity index (χ1n) is 9.48. The molecule has 0 bridgehead atoms. The first-order chi connectivity index (χ1) is 14.1. The van der Waals surface area contributed by atoms with E-state index < -0.39 is 0 Å². The zero-order chi connectivity index (χ0) is 20.2. The molecule has 0 fully saturated rings. The van der Waals surface area contributed by atoms with Crippen LogP contribution in [0.2, 0.25) is 0 Å². The Labute approximate surface area is 172 Å². The lowest BCUT2D eigenvalue weighted by molar-refractivity contribution is -0.121. The zero-order valence-electron chi connectivity index (χ0n) is 16.0. The number of carbonyl (C=O) groups is 1. The van der Waals surface area contributed by atoms with Gasteiger partial charge in [0, 0.05) is 11.4 Å². The molecule has 5 nitrogen and oxygen atoms in total. The predicted molar refractivity (Wildman–Crippen MR) is 117 cm³/mol. The second kappa shape index (κ2) is 8.41. The second-order valence-electron chi connectivity index (χ2n) is 6.99. The molecule has 0 unspecified atom stereocenters. The Bertz CT molecular complexity index is 1180. The van der Waals surface area contributed by atoms with Crippen LogP contribution in [0.25, 0.3) is 20.7 Å². The highest BCUT2D eigenvalue weighted by Crippen LogP contribution is 2.30. The number of benzene rings is 2. The van der Waals surface area contributed by atoms with Gasteiger partial charge in [0.05, 0.1) is 11.7 Å². The van der Waals surface area contributed by atoms with Gasteiger partial charge in [0.25, 0.3) is 5.56 Å².